The Morgan fingerprint density at radius 1 is 1.70 bits per heavy atom. The Balaban J connectivity index is 0.000000810. The molecule has 0 aromatic carbocycles. The van der Waals surface area contributed by atoms with E-state index >= 15 is 0 Å². The Kier molecular flexibility index (Phi) is 3.50. The van der Waals surface area contributed by atoms with Gasteiger partial charge in [0.1, 0.15) is 5.82 Å². The molecule has 0 aliphatic carbocycles. The summed E-state index contributed by atoms with van der Waals surface area (Å²) in [5.41, 5.74) is 4.85. The molecule has 1 aromatic rings. The van der Waals surface area contributed by atoms with Crippen LogP contribution in [0.2, 0.25) is 0 Å². The summed E-state index contributed by atoms with van der Waals surface area (Å²) in [6.45, 7) is 0. The summed E-state index contributed by atoms with van der Waals surface area (Å²) in [5.74, 6) is 0.156. The molecule has 1 heterocycles. The molecule has 0 radical (unpaired) electrons. The summed E-state index contributed by atoms with van der Waals surface area (Å²) in [7, 11) is 0. The number of hydrogen-bond acceptors (Lipinski definition) is 4. The molecule has 3 N–H and O–H groups in total. The molecule has 0 aliphatic heterocycles. The normalized spacial score (nSPS) is 8.40. The van der Waals surface area contributed by atoms with Gasteiger partial charge in [-0.1, -0.05) is 0 Å². The molecular formula is C4H4N3OPdS+. The van der Waals surface area contributed by atoms with Gasteiger partial charge in [-0.25, -0.2) is 4.98 Å². The van der Waals surface area contributed by atoms with Crippen molar-refractivity contribution in [3.63, 3.8) is 0 Å². The fourth-order valence-electron chi connectivity index (χ4n) is 0.453. The molecule has 1 aromatic heterocycles. The number of hydrogen-bond donors (Lipinski definition) is 2. The smallest absolute Gasteiger partial charge is 0.742 e. The van der Waals surface area contributed by atoms with Crippen LogP contribution >= 0.6 is 0 Å². The third kappa shape index (κ3) is 2.44. The monoisotopic (exact) mass is 248 g/mol. The average Bonchev–Trinajstić information content (AvgIpc) is 1.59. The van der Waals surface area contributed by atoms with E-state index in [1.165, 1.54) is 6.07 Å². The van der Waals surface area contributed by atoms with E-state index in [1.807, 2.05) is 0 Å². The Bertz CT molecular complexity index is 250. The van der Waals surface area contributed by atoms with Crippen molar-refractivity contribution < 1.29 is 20.4 Å². The Labute approximate surface area is 76.3 Å². The first-order chi connectivity index (χ1) is 4.18. The molecule has 0 bridgehead atoms. The van der Waals surface area contributed by atoms with Crippen molar-refractivity contribution in [1.29, 1.82) is 0 Å². The van der Waals surface area contributed by atoms with Crippen molar-refractivity contribution in [3.8, 4) is 0 Å². The van der Waals surface area contributed by atoms with Gasteiger partial charge in [-0.2, -0.15) is 0 Å². The summed E-state index contributed by atoms with van der Waals surface area (Å²) >= 11 is 4.54. The molecule has 0 saturated heterocycles. The SMILES string of the molecule is Nc1cc(=O)[nH]c([S-])n1.[Pd+2]. The van der Waals surface area contributed by atoms with E-state index in [-0.39, 0.29) is 37.0 Å². The number of anilines is 1. The Morgan fingerprint density at radius 3 is 2.70 bits per heavy atom. The summed E-state index contributed by atoms with van der Waals surface area (Å²) in [6.07, 6.45) is 0. The van der Waals surface area contributed by atoms with Crippen molar-refractivity contribution in [1.82, 2.24) is 9.97 Å². The number of aromatic amines is 1. The maximum absolute atomic E-state index is 10.5. The van der Waals surface area contributed by atoms with Gasteiger partial charge >= 0.3 is 20.4 Å². The van der Waals surface area contributed by atoms with Gasteiger partial charge in [-0.15, -0.1) is 0 Å². The van der Waals surface area contributed by atoms with Gasteiger partial charge in [-0.05, 0) is 5.16 Å². The van der Waals surface area contributed by atoms with Gasteiger partial charge in [0.2, 0.25) is 0 Å². The minimum atomic E-state index is -0.312. The largest absolute Gasteiger partial charge is 2.00 e. The molecule has 6 heteroatoms. The standard InChI is InChI=1S/C4H5N3OS.Pd/c5-2-1-3(8)7-4(9)6-2;/h1H,(H4,5,6,7,8,9);/q;+2/p-1. The van der Waals surface area contributed by atoms with E-state index in [4.69, 9.17) is 5.73 Å². The zero-order valence-electron chi connectivity index (χ0n) is 4.73. The van der Waals surface area contributed by atoms with E-state index in [1.54, 1.807) is 0 Å². The van der Waals surface area contributed by atoms with Crippen molar-refractivity contribution in [2.75, 3.05) is 5.73 Å². The number of nitrogen functional groups attached to an aromatic ring is 1. The maximum Gasteiger partial charge on any atom is 2.00 e. The van der Waals surface area contributed by atoms with E-state index in [2.05, 4.69) is 22.6 Å². The fourth-order valence-corrected chi connectivity index (χ4v) is 0.659. The van der Waals surface area contributed by atoms with Crippen LogP contribution in [0.4, 0.5) is 5.82 Å². The number of aromatic nitrogens is 2. The van der Waals surface area contributed by atoms with E-state index < -0.39 is 0 Å². The van der Waals surface area contributed by atoms with Crippen LogP contribution in [-0.4, -0.2) is 9.97 Å². The first kappa shape index (κ1) is 9.56. The van der Waals surface area contributed by atoms with Crippen molar-refractivity contribution in [2.24, 2.45) is 0 Å². The van der Waals surface area contributed by atoms with Gasteiger partial charge in [0, 0.05) is 6.07 Å². The quantitative estimate of drug-likeness (QED) is 0.360. The van der Waals surface area contributed by atoms with Gasteiger partial charge in [0.05, 0.1) is 0 Å². The molecule has 1 rings (SSSR count). The van der Waals surface area contributed by atoms with E-state index in [0.29, 0.717) is 0 Å². The van der Waals surface area contributed by atoms with Gasteiger partial charge in [0.15, 0.2) is 0 Å². The van der Waals surface area contributed by atoms with Crippen LogP contribution < -0.4 is 11.3 Å². The van der Waals surface area contributed by atoms with Crippen molar-refractivity contribution in [2.45, 2.75) is 5.16 Å². The van der Waals surface area contributed by atoms with Gasteiger partial charge < -0.3 is 23.3 Å². The van der Waals surface area contributed by atoms with Gasteiger partial charge in [-0.3, -0.25) is 4.79 Å². The van der Waals surface area contributed by atoms with E-state index in [0.717, 1.165) is 0 Å². The van der Waals surface area contributed by atoms with E-state index in [9.17, 15) is 4.79 Å². The number of nitrogens with one attached hydrogen (secondary N) is 1. The zero-order valence-corrected chi connectivity index (χ0v) is 7.11. The first-order valence-corrected chi connectivity index (χ1v) is 2.63. The van der Waals surface area contributed by atoms with Crippen LogP contribution in [0.25, 0.3) is 0 Å². The summed E-state index contributed by atoms with van der Waals surface area (Å²) < 4.78 is 0. The van der Waals surface area contributed by atoms with Crippen LogP contribution in [0.15, 0.2) is 16.0 Å². The van der Waals surface area contributed by atoms with Crippen LogP contribution in [0.3, 0.4) is 0 Å². The molecule has 0 saturated carbocycles. The minimum Gasteiger partial charge on any atom is -0.742 e. The predicted molar refractivity (Wildman–Crippen MR) is 34.9 cm³/mol. The molecule has 0 amide bonds. The second kappa shape index (κ2) is 3.66. The van der Waals surface area contributed by atoms with Crippen LogP contribution in [-0.2, 0) is 33.1 Å². The number of nitrogens with zero attached hydrogens (tertiary/aromatic N) is 1. The average molecular weight is 249 g/mol. The van der Waals surface area contributed by atoms with Gasteiger partial charge in [0.25, 0.3) is 5.56 Å². The molecule has 0 fully saturated rings. The third-order valence-corrected chi connectivity index (χ3v) is 0.933. The van der Waals surface area contributed by atoms with Crippen LogP contribution in [0, 0.1) is 0 Å². The predicted octanol–water partition coefficient (Wildman–Crippen LogP) is -0.745. The van der Waals surface area contributed by atoms with Crippen LogP contribution in [0.5, 0.6) is 0 Å². The Hall–Kier alpha value is -0.438. The van der Waals surface area contributed by atoms with Crippen LogP contribution in [0.1, 0.15) is 0 Å². The molecule has 10 heavy (non-hydrogen) atoms. The molecule has 0 aliphatic rings. The van der Waals surface area contributed by atoms with Crippen molar-refractivity contribution >= 4 is 18.4 Å². The molecule has 56 valence electrons. The molecule has 0 unspecified atom stereocenters. The fraction of sp³-hybridized carbons (Fsp3) is 0. The second-order valence-corrected chi connectivity index (χ2v) is 1.86. The summed E-state index contributed by atoms with van der Waals surface area (Å²) in [6, 6.07) is 1.18. The number of rotatable bonds is 0. The third-order valence-electron chi connectivity index (χ3n) is 0.740. The number of nitrogens with two attached hydrogens (primary N) is 1. The minimum absolute atomic E-state index is 0. The number of H-pyrrole nitrogens is 1. The summed E-state index contributed by atoms with van der Waals surface area (Å²) in [4.78, 5) is 16.3. The second-order valence-electron chi connectivity index (χ2n) is 1.48. The summed E-state index contributed by atoms with van der Waals surface area (Å²) in [5, 5.41) is 0.125. The first-order valence-electron chi connectivity index (χ1n) is 2.22. The molecule has 4 nitrogen and oxygen atoms in total. The van der Waals surface area contributed by atoms with Crippen molar-refractivity contribution in [3.05, 3.63) is 16.4 Å². The topological polar surface area (TPSA) is 71.8 Å². The molecule has 0 atom stereocenters. The molecular weight excluding hydrogens is 245 g/mol. The maximum atomic E-state index is 10.5. The Morgan fingerprint density at radius 2 is 2.30 bits per heavy atom. The molecule has 0 spiro atoms. The zero-order chi connectivity index (χ0) is 6.85.